The molecule has 4 aliphatic carbocycles. The van der Waals surface area contributed by atoms with E-state index in [1.807, 2.05) is 0 Å². The van der Waals surface area contributed by atoms with Crippen molar-refractivity contribution in [3.63, 3.8) is 0 Å². The SMILES string of the molecule is C=C(CCCCC(=O)O[C@H]1CC[C@@]2(C)C(=CC[C@@H]3C2CC[C@]2(C)[C@@H]([C@H](C)CCCC(C)C)CC[C@@H]32)C1)N(CCCN)CCCCNCCCN. The van der Waals surface area contributed by atoms with Crippen LogP contribution >= 0.6 is 0 Å². The van der Waals surface area contributed by atoms with Crippen LogP contribution in [0.25, 0.3) is 0 Å². The van der Waals surface area contributed by atoms with Gasteiger partial charge < -0.3 is 26.4 Å². The van der Waals surface area contributed by atoms with Gasteiger partial charge >= 0.3 is 5.97 Å². The zero-order chi connectivity index (χ0) is 36.1. The molecule has 1 unspecified atom stereocenters. The molecule has 3 fully saturated rings. The molecule has 0 bridgehead atoms. The number of rotatable bonds is 23. The van der Waals surface area contributed by atoms with Gasteiger partial charge in [-0.25, -0.2) is 0 Å². The van der Waals surface area contributed by atoms with Gasteiger partial charge in [0, 0.05) is 31.6 Å². The first kappa shape index (κ1) is 41.4. The number of hydrogen-bond donors (Lipinski definition) is 3. The van der Waals surface area contributed by atoms with E-state index >= 15 is 0 Å². The Balaban J connectivity index is 1.19. The summed E-state index contributed by atoms with van der Waals surface area (Å²) in [5.74, 6) is 5.13. The lowest BCUT2D eigenvalue weighted by molar-refractivity contribution is -0.151. The van der Waals surface area contributed by atoms with Crippen molar-refractivity contribution >= 4 is 5.97 Å². The number of nitrogens with two attached hydrogens (primary N) is 2. The Morgan fingerprint density at radius 1 is 0.900 bits per heavy atom. The summed E-state index contributed by atoms with van der Waals surface area (Å²) in [4.78, 5) is 15.4. The molecule has 5 N–H and O–H groups in total. The van der Waals surface area contributed by atoms with Gasteiger partial charge in [-0.15, -0.1) is 0 Å². The van der Waals surface area contributed by atoms with Crippen molar-refractivity contribution in [2.75, 3.05) is 39.3 Å². The van der Waals surface area contributed by atoms with E-state index in [2.05, 4.69) is 57.5 Å². The fourth-order valence-corrected chi connectivity index (χ4v) is 11.4. The third-order valence-corrected chi connectivity index (χ3v) is 14.3. The second kappa shape index (κ2) is 20.2. The lowest BCUT2D eigenvalue weighted by atomic mass is 9.47. The summed E-state index contributed by atoms with van der Waals surface area (Å²) in [6.45, 7) is 22.5. The first-order chi connectivity index (χ1) is 24.0. The van der Waals surface area contributed by atoms with Crippen LogP contribution in [0.4, 0.5) is 0 Å². The molecule has 6 nitrogen and oxygen atoms in total. The number of carbonyl (C=O) groups is 1. The van der Waals surface area contributed by atoms with E-state index in [0.29, 0.717) is 23.8 Å². The van der Waals surface area contributed by atoms with E-state index in [-0.39, 0.29) is 12.1 Å². The normalized spacial score (nSPS) is 31.0. The highest BCUT2D eigenvalue weighted by Gasteiger charge is 2.59. The largest absolute Gasteiger partial charge is 0.462 e. The summed E-state index contributed by atoms with van der Waals surface area (Å²) in [7, 11) is 0. The highest BCUT2D eigenvalue weighted by molar-refractivity contribution is 5.69. The Kier molecular flexibility index (Phi) is 16.7. The highest BCUT2D eigenvalue weighted by Crippen LogP contribution is 2.67. The van der Waals surface area contributed by atoms with Crippen LogP contribution in [-0.2, 0) is 9.53 Å². The van der Waals surface area contributed by atoms with Gasteiger partial charge in [-0.1, -0.05) is 72.1 Å². The number of carbonyl (C=O) groups excluding carboxylic acids is 1. The van der Waals surface area contributed by atoms with Crippen molar-refractivity contribution in [1.29, 1.82) is 0 Å². The van der Waals surface area contributed by atoms with Crippen LogP contribution in [0.3, 0.4) is 0 Å². The molecule has 0 amide bonds. The highest BCUT2D eigenvalue weighted by atomic mass is 16.5. The van der Waals surface area contributed by atoms with E-state index < -0.39 is 0 Å². The minimum absolute atomic E-state index is 0.00595. The molecule has 288 valence electrons. The van der Waals surface area contributed by atoms with E-state index in [1.165, 1.54) is 63.5 Å². The van der Waals surface area contributed by atoms with Crippen LogP contribution in [0.15, 0.2) is 23.9 Å². The fraction of sp³-hybridized carbons (Fsp3) is 0.886. The lowest BCUT2D eigenvalue weighted by Crippen LogP contribution is -2.51. The summed E-state index contributed by atoms with van der Waals surface area (Å²) in [5, 5.41) is 3.47. The molecular weight excluding hydrogens is 617 g/mol. The molecule has 0 radical (unpaired) electrons. The monoisotopic (exact) mass is 697 g/mol. The van der Waals surface area contributed by atoms with Gasteiger partial charge in [0.2, 0.25) is 0 Å². The molecule has 50 heavy (non-hydrogen) atoms. The van der Waals surface area contributed by atoms with Gasteiger partial charge in [-0.05, 0) is 162 Å². The molecule has 0 heterocycles. The van der Waals surface area contributed by atoms with Crippen molar-refractivity contribution in [1.82, 2.24) is 10.2 Å². The van der Waals surface area contributed by atoms with Crippen LogP contribution in [0, 0.1) is 46.3 Å². The molecule has 6 heteroatoms. The van der Waals surface area contributed by atoms with Crippen molar-refractivity contribution in [3.05, 3.63) is 23.9 Å². The lowest BCUT2D eigenvalue weighted by Gasteiger charge is -2.58. The van der Waals surface area contributed by atoms with Crippen LogP contribution in [0.2, 0.25) is 0 Å². The Labute approximate surface area is 308 Å². The third-order valence-electron chi connectivity index (χ3n) is 14.3. The number of hydrogen-bond acceptors (Lipinski definition) is 6. The smallest absolute Gasteiger partial charge is 0.306 e. The van der Waals surface area contributed by atoms with E-state index in [9.17, 15) is 4.79 Å². The average molecular weight is 697 g/mol. The van der Waals surface area contributed by atoms with Gasteiger partial charge in [0.25, 0.3) is 0 Å². The predicted octanol–water partition coefficient (Wildman–Crippen LogP) is 9.38. The number of esters is 1. The number of nitrogens with zero attached hydrogens (tertiary/aromatic N) is 1. The quantitative estimate of drug-likeness (QED) is 0.0560. The molecule has 4 aliphatic rings. The van der Waals surface area contributed by atoms with Gasteiger partial charge in [0.15, 0.2) is 0 Å². The Hall–Kier alpha value is -1.37. The number of unbranched alkanes of at least 4 members (excludes halogenated alkanes) is 2. The maximum Gasteiger partial charge on any atom is 0.306 e. The second-order valence-electron chi connectivity index (χ2n) is 18.1. The van der Waals surface area contributed by atoms with Gasteiger partial charge in [0.05, 0.1) is 0 Å². The van der Waals surface area contributed by atoms with Crippen molar-refractivity contribution in [2.24, 2.45) is 57.8 Å². The van der Waals surface area contributed by atoms with Gasteiger partial charge in [-0.3, -0.25) is 4.79 Å². The van der Waals surface area contributed by atoms with Crippen molar-refractivity contribution in [2.45, 2.75) is 163 Å². The van der Waals surface area contributed by atoms with Crippen molar-refractivity contribution < 1.29 is 9.53 Å². The Bertz CT molecular complexity index is 1070. The minimum Gasteiger partial charge on any atom is -0.462 e. The zero-order valence-corrected chi connectivity index (χ0v) is 33.4. The molecule has 0 aromatic rings. The zero-order valence-electron chi connectivity index (χ0n) is 33.4. The average Bonchev–Trinajstić information content (AvgIpc) is 3.44. The summed E-state index contributed by atoms with van der Waals surface area (Å²) in [6, 6.07) is 0. The topological polar surface area (TPSA) is 93.6 Å². The predicted molar refractivity (Wildman–Crippen MR) is 212 cm³/mol. The molecular formula is C44H80N4O2. The number of allylic oxidation sites excluding steroid dienone is 2. The number of nitrogens with one attached hydrogen (secondary N) is 1. The van der Waals surface area contributed by atoms with Crippen LogP contribution < -0.4 is 16.8 Å². The summed E-state index contributed by atoms with van der Waals surface area (Å²) < 4.78 is 6.16. The molecule has 3 saturated carbocycles. The number of ether oxygens (including phenoxy) is 1. The van der Waals surface area contributed by atoms with E-state index in [1.54, 1.807) is 5.57 Å². The standard InChI is InChI=1S/C44H80N4O2/c1-33(2)14-11-15-34(3)39-20-21-40-38-19-18-36-32-37(22-24-43(36,5)41(38)23-25-44(39,40)6)50-42(49)17-8-7-16-35(4)48(31-13-27-46)30-10-9-28-47-29-12-26-45/h18,33-34,37-41,47H,4,7-17,19-32,45-46H2,1-3,5-6H3/t34-,37+,38+,39-,40+,41?,43+,44-/m1/s1. The minimum atomic E-state index is -0.00595. The second-order valence-corrected chi connectivity index (χ2v) is 18.1. The Morgan fingerprint density at radius 3 is 2.40 bits per heavy atom. The van der Waals surface area contributed by atoms with Gasteiger partial charge in [-0.2, -0.15) is 0 Å². The maximum atomic E-state index is 13.0. The summed E-state index contributed by atoms with van der Waals surface area (Å²) >= 11 is 0. The van der Waals surface area contributed by atoms with E-state index in [4.69, 9.17) is 16.2 Å². The molecule has 0 aliphatic heterocycles. The summed E-state index contributed by atoms with van der Waals surface area (Å²) in [6.07, 6.45) is 24.6. The van der Waals surface area contributed by atoms with Crippen molar-refractivity contribution in [3.8, 4) is 0 Å². The first-order valence-electron chi connectivity index (χ1n) is 21.5. The molecule has 0 aromatic heterocycles. The third kappa shape index (κ3) is 10.8. The maximum absolute atomic E-state index is 13.0. The number of fused-ring (bicyclic) bond motifs is 5. The molecule has 0 saturated heterocycles. The fourth-order valence-electron chi connectivity index (χ4n) is 11.4. The van der Waals surface area contributed by atoms with Crippen LogP contribution in [0.1, 0.15) is 157 Å². The molecule has 0 spiro atoms. The molecule has 8 atom stereocenters. The summed E-state index contributed by atoms with van der Waals surface area (Å²) in [5.41, 5.74) is 15.0. The van der Waals surface area contributed by atoms with E-state index in [0.717, 1.165) is 126 Å². The van der Waals surface area contributed by atoms with Gasteiger partial charge in [0.1, 0.15) is 6.10 Å². The first-order valence-corrected chi connectivity index (χ1v) is 21.5. The molecule has 4 rings (SSSR count). The van der Waals surface area contributed by atoms with Crippen LogP contribution in [-0.4, -0.2) is 56.2 Å². The Morgan fingerprint density at radius 2 is 1.64 bits per heavy atom. The van der Waals surface area contributed by atoms with Crippen LogP contribution in [0.5, 0.6) is 0 Å². The molecule has 0 aromatic carbocycles.